The quantitative estimate of drug-likeness (QED) is 0.778. The number of hydrogen-bond donors (Lipinski definition) is 3. The van der Waals surface area contributed by atoms with Gasteiger partial charge < -0.3 is 15.7 Å². The van der Waals surface area contributed by atoms with Crippen molar-refractivity contribution in [1.82, 2.24) is 10.3 Å². The molecular weight excluding hydrogens is 274 g/mol. The summed E-state index contributed by atoms with van der Waals surface area (Å²) >= 11 is 1.38. The summed E-state index contributed by atoms with van der Waals surface area (Å²) in [7, 11) is 0. The standard InChI is InChI=1S/C14H23N3O2S/c1-3-15-14-17-9(2)12(20-14)13(19)16-8-10-6-4-5-7-11(10)18/h10-11,18H,3-8H2,1-2H3,(H,15,17)(H,16,19)/t10-,11-/m1/s1. The van der Waals surface area contributed by atoms with Crippen molar-refractivity contribution in [2.24, 2.45) is 5.92 Å². The van der Waals surface area contributed by atoms with Crippen LogP contribution >= 0.6 is 11.3 Å². The van der Waals surface area contributed by atoms with Gasteiger partial charge in [0.15, 0.2) is 5.13 Å². The monoisotopic (exact) mass is 297 g/mol. The minimum Gasteiger partial charge on any atom is -0.393 e. The molecule has 112 valence electrons. The van der Waals surface area contributed by atoms with Crippen LogP contribution in [0, 0.1) is 12.8 Å². The van der Waals surface area contributed by atoms with E-state index in [4.69, 9.17) is 0 Å². The number of aryl methyl sites for hydroxylation is 1. The van der Waals surface area contributed by atoms with E-state index in [1.807, 2.05) is 13.8 Å². The van der Waals surface area contributed by atoms with Crippen molar-refractivity contribution in [1.29, 1.82) is 0 Å². The van der Waals surface area contributed by atoms with Crippen molar-refractivity contribution < 1.29 is 9.90 Å². The van der Waals surface area contributed by atoms with Crippen LogP contribution < -0.4 is 10.6 Å². The van der Waals surface area contributed by atoms with Crippen LogP contribution in [-0.4, -0.2) is 35.2 Å². The maximum absolute atomic E-state index is 12.2. The Balaban J connectivity index is 1.91. The lowest BCUT2D eigenvalue weighted by Gasteiger charge is -2.27. The summed E-state index contributed by atoms with van der Waals surface area (Å²) in [6, 6.07) is 0. The number of carbonyl (C=O) groups excluding carboxylic acids is 1. The van der Waals surface area contributed by atoms with E-state index in [1.165, 1.54) is 11.3 Å². The van der Waals surface area contributed by atoms with Crippen molar-refractivity contribution in [2.75, 3.05) is 18.4 Å². The van der Waals surface area contributed by atoms with Crippen molar-refractivity contribution in [3.05, 3.63) is 10.6 Å². The van der Waals surface area contributed by atoms with Crippen molar-refractivity contribution in [2.45, 2.75) is 45.6 Å². The lowest BCUT2D eigenvalue weighted by atomic mass is 9.86. The number of amides is 1. The molecule has 1 saturated carbocycles. The summed E-state index contributed by atoms with van der Waals surface area (Å²) in [6.07, 6.45) is 3.80. The maximum Gasteiger partial charge on any atom is 0.263 e. The van der Waals surface area contributed by atoms with Gasteiger partial charge in [-0.05, 0) is 26.7 Å². The second-order valence-electron chi connectivity index (χ2n) is 5.29. The molecule has 1 aliphatic carbocycles. The van der Waals surface area contributed by atoms with E-state index in [1.54, 1.807) is 0 Å². The van der Waals surface area contributed by atoms with Gasteiger partial charge in [-0.3, -0.25) is 4.79 Å². The van der Waals surface area contributed by atoms with Crippen molar-refractivity contribution in [3.63, 3.8) is 0 Å². The molecule has 1 aromatic rings. The SMILES string of the molecule is CCNc1nc(C)c(C(=O)NC[C@H]2CCCC[C@H]2O)s1. The molecule has 2 atom stereocenters. The number of hydrogen-bond acceptors (Lipinski definition) is 5. The highest BCUT2D eigenvalue weighted by molar-refractivity contribution is 7.17. The average molecular weight is 297 g/mol. The molecule has 0 radical (unpaired) electrons. The first-order chi connectivity index (χ1) is 9.61. The van der Waals surface area contributed by atoms with Gasteiger partial charge in [0.2, 0.25) is 0 Å². The molecule has 1 fully saturated rings. The maximum atomic E-state index is 12.2. The van der Waals surface area contributed by atoms with E-state index in [2.05, 4.69) is 15.6 Å². The first-order valence-corrected chi connectivity index (χ1v) is 8.11. The third-order valence-corrected chi connectivity index (χ3v) is 4.84. The molecule has 3 N–H and O–H groups in total. The van der Waals surface area contributed by atoms with E-state index in [9.17, 15) is 9.90 Å². The number of aromatic nitrogens is 1. The van der Waals surface area contributed by atoms with E-state index < -0.39 is 0 Å². The number of nitrogens with zero attached hydrogens (tertiary/aromatic N) is 1. The Hall–Kier alpha value is -1.14. The van der Waals surface area contributed by atoms with Crippen LogP contribution in [0.15, 0.2) is 0 Å². The fraction of sp³-hybridized carbons (Fsp3) is 0.714. The van der Waals surface area contributed by atoms with Gasteiger partial charge in [0.05, 0.1) is 11.8 Å². The van der Waals surface area contributed by atoms with E-state index in [-0.39, 0.29) is 17.9 Å². The largest absolute Gasteiger partial charge is 0.393 e. The van der Waals surface area contributed by atoms with Gasteiger partial charge in [-0.25, -0.2) is 4.98 Å². The molecule has 0 unspecified atom stereocenters. The van der Waals surface area contributed by atoms with E-state index in [0.717, 1.165) is 43.1 Å². The molecule has 1 heterocycles. The highest BCUT2D eigenvalue weighted by atomic mass is 32.1. The van der Waals surface area contributed by atoms with Gasteiger partial charge in [-0.1, -0.05) is 24.2 Å². The molecule has 1 amide bonds. The number of carbonyl (C=O) groups is 1. The summed E-state index contributed by atoms with van der Waals surface area (Å²) in [5.41, 5.74) is 0.757. The molecule has 0 bridgehead atoms. The third-order valence-electron chi connectivity index (χ3n) is 3.72. The van der Waals surface area contributed by atoms with Gasteiger partial charge in [0.1, 0.15) is 4.88 Å². The minimum absolute atomic E-state index is 0.0815. The van der Waals surface area contributed by atoms with E-state index >= 15 is 0 Å². The molecule has 1 aromatic heterocycles. The molecule has 5 nitrogen and oxygen atoms in total. The van der Waals surface area contributed by atoms with Crippen LogP contribution in [0.3, 0.4) is 0 Å². The van der Waals surface area contributed by atoms with Crippen LogP contribution in [-0.2, 0) is 0 Å². The average Bonchev–Trinajstić information content (AvgIpc) is 2.79. The number of aliphatic hydroxyl groups is 1. The predicted molar refractivity (Wildman–Crippen MR) is 81.3 cm³/mol. The predicted octanol–water partition coefficient (Wildman–Crippen LogP) is 2.16. The Morgan fingerprint density at radius 3 is 2.90 bits per heavy atom. The summed E-state index contributed by atoms with van der Waals surface area (Å²) in [6.45, 7) is 5.19. The van der Waals surface area contributed by atoms with E-state index in [0.29, 0.717) is 11.4 Å². The van der Waals surface area contributed by atoms with Gasteiger partial charge in [0.25, 0.3) is 5.91 Å². The fourth-order valence-electron chi connectivity index (χ4n) is 2.56. The van der Waals surface area contributed by atoms with Crippen LogP contribution in [0.4, 0.5) is 5.13 Å². The Kier molecular flexibility index (Phi) is 5.37. The van der Waals surface area contributed by atoms with Gasteiger partial charge in [-0.2, -0.15) is 0 Å². The van der Waals surface area contributed by atoms with Crippen molar-refractivity contribution >= 4 is 22.4 Å². The molecule has 0 saturated heterocycles. The third kappa shape index (κ3) is 3.70. The summed E-state index contributed by atoms with van der Waals surface area (Å²) in [5.74, 6) is 0.107. The van der Waals surface area contributed by atoms with Gasteiger partial charge in [0, 0.05) is 19.0 Å². The Morgan fingerprint density at radius 1 is 1.45 bits per heavy atom. The Labute approximate surface area is 123 Å². The molecule has 2 rings (SSSR count). The number of aliphatic hydroxyl groups excluding tert-OH is 1. The zero-order valence-electron chi connectivity index (χ0n) is 12.1. The molecule has 1 aliphatic rings. The lowest BCUT2D eigenvalue weighted by molar-refractivity contribution is 0.0664. The second kappa shape index (κ2) is 7.04. The van der Waals surface area contributed by atoms with Crippen LogP contribution in [0.1, 0.15) is 48.0 Å². The molecule has 0 aliphatic heterocycles. The fourth-order valence-corrected chi connectivity index (χ4v) is 3.51. The zero-order chi connectivity index (χ0) is 14.5. The smallest absolute Gasteiger partial charge is 0.263 e. The number of rotatable bonds is 5. The number of thiazole rings is 1. The number of anilines is 1. The topological polar surface area (TPSA) is 74.2 Å². The van der Waals surface area contributed by atoms with Crippen molar-refractivity contribution in [3.8, 4) is 0 Å². The molecule has 0 spiro atoms. The molecule has 6 heteroatoms. The highest BCUT2D eigenvalue weighted by Crippen LogP contribution is 2.25. The summed E-state index contributed by atoms with van der Waals surface area (Å²) < 4.78 is 0. The van der Waals surface area contributed by atoms with Gasteiger partial charge >= 0.3 is 0 Å². The molecular formula is C14H23N3O2S. The highest BCUT2D eigenvalue weighted by Gasteiger charge is 2.24. The first kappa shape index (κ1) is 15.3. The van der Waals surface area contributed by atoms with Crippen LogP contribution in [0.25, 0.3) is 0 Å². The lowest BCUT2D eigenvalue weighted by Crippen LogP contribution is -2.36. The van der Waals surface area contributed by atoms with Gasteiger partial charge in [-0.15, -0.1) is 0 Å². The van der Waals surface area contributed by atoms with Crippen LogP contribution in [0.2, 0.25) is 0 Å². The first-order valence-electron chi connectivity index (χ1n) is 7.29. The summed E-state index contributed by atoms with van der Waals surface area (Å²) in [4.78, 5) is 17.2. The summed E-state index contributed by atoms with van der Waals surface area (Å²) in [5, 5.41) is 16.8. The van der Waals surface area contributed by atoms with Crippen LogP contribution in [0.5, 0.6) is 0 Å². The Bertz CT molecular complexity index is 461. The normalized spacial score (nSPS) is 22.6. The minimum atomic E-state index is -0.274. The Morgan fingerprint density at radius 2 is 2.20 bits per heavy atom. The molecule has 0 aromatic carbocycles. The molecule has 20 heavy (non-hydrogen) atoms. The number of nitrogens with one attached hydrogen (secondary N) is 2. The zero-order valence-corrected chi connectivity index (χ0v) is 12.9. The second-order valence-corrected chi connectivity index (χ2v) is 6.28.